The van der Waals surface area contributed by atoms with E-state index in [1.165, 1.54) is 12.4 Å². The SMILES string of the molecule is CC(C)C[C@H](CNC(=O)c1cncc(Cl)n1)CC(=O)O. The molecular weight excluding hydrogens is 282 g/mol. The Morgan fingerprint density at radius 1 is 1.40 bits per heavy atom. The number of halogens is 1. The number of nitrogens with zero attached hydrogens (tertiary/aromatic N) is 2. The smallest absolute Gasteiger partial charge is 0.303 e. The number of carboxylic acids is 1. The van der Waals surface area contributed by atoms with Crippen LogP contribution in [-0.4, -0.2) is 33.5 Å². The Hall–Kier alpha value is -1.69. The highest BCUT2D eigenvalue weighted by Gasteiger charge is 2.17. The zero-order valence-corrected chi connectivity index (χ0v) is 12.2. The van der Waals surface area contributed by atoms with Crippen molar-refractivity contribution in [3.8, 4) is 0 Å². The summed E-state index contributed by atoms with van der Waals surface area (Å²) < 4.78 is 0. The Bertz CT molecular complexity index is 480. The Balaban J connectivity index is 2.57. The molecule has 0 saturated carbocycles. The fourth-order valence-corrected chi connectivity index (χ4v) is 2.08. The Morgan fingerprint density at radius 2 is 2.10 bits per heavy atom. The molecule has 110 valence electrons. The van der Waals surface area contributed by atoms with Crippen LogP contribution in [0.3, 0.4) is 0 Å². The molecule has 0 aliphatic carbocycles. The van der Waals surface area contributed by atoms with E-state index in [1.807, 2.05) is 13.8 Å². The molecule has 20 heavy (non-hydrogen) atoms. The van der Waals surface area contributed by atoms with Crippen LogP contribution in [-0.2, 0) is 4.79 Å². The normalized spacial score (nSPS) is 12.2. The van der Waals surface area contributed by atoms with E-state index in [0.29, 0.717) is 5.92 Å². The van der Waals surface area contributed by atoms with Crippen molar-refractivity contribution < 1.29 is 14.7 Å². The summed E-state index contributed by atoms with van der Waals surface area (Å²) in [7, 11) is 0. The van der Waals surface area contributed by atoms with Gasteiger partial charge in [0.05, 0.1) is 12.4 Å². The summed E-state index contributed by atoms with van der Waals surface area (Å²) in [4.78, 5) is 30.3. The minimum Gasteiger partial charge on any atom is -0.481 e. The molecule has 1 amide bonds. The van der Waals surface area contributed by atoms with Gasteiger partial charge in [-0.05, 0) is 18.3 Å². The third kappa shape index (κ3) is 5.97. The van der Waals surface area contributed by atoms with Crippen LogP contribution < -0.4 is 5.32 Å². The van der Waals surface area contributed by atoms with Crippen LogP contribution in [0.1, 0.15) is 37.2 Å². The second-order valence-corrected chi connectivity index (χ2v) is 5.42. The molecule has 1 aromatic rings. The van der Waals surface area contributed by atoms with Crippen LogP contribution in [0.4, 0.5) is 0 Å². The lowest BCUT2D eigenvalue weighted by Crippen LogP contribution is -2.31. The predicted octanol–water partition coefficient (Wildman–Crippen LogP) is 2.00. The zero-order chi connectivity index (χ0) is 15.1. The topological polar surface area (TPSA) is 92.2 Å². The van der Waals surface area contributed by atoms with Crippen molar-refractivity contribution in [3.63, 3.8) is 0 Å². The van der Waals surface area contributed by atoms with Crippen LogP contribution in [0.2, 0.25) is 5.15 Å². The van der Waals surface area contributed by atoms with E-state index >= 15 is 0 Å². The number of carboxylic acid groups (broad SMARTS) is 1. The third-order valence-electron chi connectivity index (χ3n) is 2.66. The van der Waals surface area contributed by atoms with Crippen LogP contribution in [0.5, 0.6) is 0 Å². The second-order valence-electron chi connectivity index (χ2n) is 5.03. The lowest BCUT2D eigenvalue weighted by molar-refractivity contribution is -0.138. The molecule has 0 spiro atoms. The zero-order valence-electron chi connectivity index (χ0n) is 11.5. The molecule has 0 radical (unpaired) electrons. The van der Waals surface area contributed by atoms with Gasteiger partial charge in [0.15, 0.2) is 0 Å². The highest BCUT2D eigenvalue weighted by atomic mass is 35.5. The maximum Gasteiger partial charge on any atom is 0.303 e. The first kappa shape index (κ1) is 16.4. The standard InChI is InChI=1S/C13H18ClN3O3/c1-8(2)3-9(4-12(18)19)5-16-13(20)10-6-15-7-11(14)17-10/h6-9H,3-5H2,1-2H3,(H,16,20)(H,18,19)/t9-/m0/s1. The minimum atomic E-state index is -0.868. The van der Waals surface area contributed by atoms with Crippen molar-refractivity contribution in [1.29, 1.82) is 0 Å². The average Bonchev–Trinajstić information content (AvgIpc) is 2.34. The van der Waals surface area contributed by atoms with E-state index < -0.39 is 11.9 Å². The molecule has 6 nitrogen and oxygen atoms in total. The summed E-state index contributed by atoms with van der Waals surface area (Å²) in [6.07, 6.45) is 3.41. The molecule has 1 rings (SSSR count). The predicted molar refractivity (Wildman–Crippen MR) is 74.6 cm³/mol. The molecule has 0 unspecified atom stereocenters. The number of amides is 1. The molecule has 0 aliphatic rings. The Kier molecular flexibility index (Phi) is 6.38. The summed E-state index contributed by atoms with van der Waals surface area (Å²) in [5.41, 5.74) is 0.121. The Labute approximate surface area is 122 Å². The molecule has 0 aliphatic heterocycles. The third-order valence-corrected chi connectivity index (χ3v) is 2.84. The highest BCUT2D eigenvalue weighted by molar-refractivity contribution is 6.29. The molecule has 0 saturated heterocycles. The molecule has 0 aromatic carbocycles. The second kappa shape index (κ2) is 7.79. The van der Waals surface area contributed by atoms with E-state index in [9.17, 15) is 9.59 Å². The lowest BCUT2D eigenvalue weighted by atomic mass is 9.94. The van der Waals surface area contributed by atoms with Crippen molar-refractivity contribution in [2.75, 3.05) is 6.54 Å². The monoisotopic (exact) mass is 299 g/mol. The Morgan fingerprint density at radius 3 is 2.65 bits per heavy atom. The number of aromatic nitrogens is 2. The molecule has 1 atom stereocenters. The molecule has 0 fully saturated rings. The maximum absolute atomic E-state index is 11.9. The average molecular weight is 300 g/mol. The summed E-state index contributed by atoms with van der Waals surface area (Å²) in [5, 5.41) is 11.7. The fraction of sp³-hybridized carbons (Fsp3) is 0.538. The van der Waals surface area contributed by atoms with Gasteiger partial charge in [0.25, 0.3) is 5.91 Å². The van der Waals surface area contributed by atoms with Crippen LogP contribution in [0.15, 0.2) is 12.4 Å². The van der Waals surface area contributed by atoms with Gasteiger partial charge in [0, 0.05) is 13.0 Å². The number of hydrogen-bond acceptors (Lipinski definition) is 4. The molecule has 1 aromatic heterocycles. The van der Waals surface area contributed by atoms with Gasteiger partial charge in [-0.25, -0.2) is 4.98 Å². The van der Waals surface area contributed by atoms with Gasteiger partial charge in [0.2, 0.25) is 0 Å². The van der Waals surface area contributed by atoms with Gasteiger partial charge >= 0.3 is 5.97 Å². The van der Waals surface area contributed by atoms with Crippen LogP contribution in [0, 0.1) is 11.8 Å². The maximum atomic E-state index is 11.9. The fourth-order valence-electron chi connectivity index (χ4n) is 1.93. The van der Waals surface area contributed by atoms with Gasteiger partial charge in [-0.3, -0.25) is 14.6 Å². The van der Waals surface area contributed by atoms with Crippen LogP contribution >= 0.6 is 11.6 Å². The van der Waals surface area contributed by atoms with Gasteiger partial charge in [-0.2, -0.15) is 0 Å². The van der Waals surface area contributed by atoms with Crippen molar-refractivity contribution in [2.45, 2.75) is 26.7 Å². The quantitative estimate of drug-likeness (QED) is 0.803. The van der Waals surface area contributed by atoms with Gasteiger partial charge < -0.3 is 10.4 Å². The van der Waals surface area contributed by atoms with Crippen molar-refractivity contribution in [1.82, 2.24) is 15.3 Å². The molecule has 7 heteroatoms. The van der Waals surface area contributed by atoms with Crippen molar-refractivity contribution in [2.24, 2.45) is 11.8 Å². The minimum absolute atomic E-state index is 0.0275. The van der Waals surface area contributed by atoms with Crippen molar-refractivity contribution in [3.05, 3.63) is 23.2 Å². The van der Waals surface area contributed by atoms with E-state index in [4.69, 9.17) is 16.7 Å². The molecule has 2 N–H and O–H groups in total. The number of carbonyl (C=O) groups is 2. The van der Waals surface area contributed by atoms with Gasteiger partial charge in [-0.1, -0.05) is 25.4 Å². The van der Waals surface area contributed by atoms with Crippen molar-refractivity contribution >= 4 is 23.5 Å². The first-order valence-electron chi connectivity index (χ1n) is 6.36. The van der Waals surface area contributed by atoms with Gasteiger partial charge in [-0.15, -0.1) is 0 Å². The number of carbonyl (C=O) groups excluding carboxylic acids is 1. The van der Waals surface area contributed by atoms with Gasteiger partial charge in [0.1, 0.15) is 10.8 Å². The van der Waals surface area contributed by atoms with E-state index in [-0.39, 0.29) is 29.7 Å². The first-order chi connectivity index (χ1) is 9.38. The first-order valence-corrected chi connectivity index (χ1v) is 6.73. The van der Waals surface area contributed by atoms with E-state index in [0.717, 1.165) is 6.42 Å². The van der Waals surface area contributed by atoms with E-state index in [1.54, 1.807) is 0 Å². The number of rotatable bonds is 7. The summed E-state index contributed by atoms with van der Waals surface area (Å²) >= 11 is 5.66. The molecule has 1 heterocycles. The van der Waals surface area contributed by atoms with E-state index in [2.05, 4.69) is 15.3 Å². The molecule has 0 bridgehead atoms. The highest BCUT2D eigenvalue weighted by Crippen LogP contribution is 2.15. The molecular formula is C13H18ClN3O3. The lowest BCUT2D eigenvalue weighted by Gasteiger charge is -2.17. The largest absolute Gasteiger partial charge is 0.481 e. The number of hydrogen-bond donors (Lipinski definition) is 2. The summed E-state index contributed by atoms with van der Waals surface area (Å²) in [5.74, 6) is -1.02. The van der Waals surface area contributed by atoms with Crippen LogP contribution in [0.25, 0.3) is 0 Å². The number of nitrogens with one attached hydrogen (secondary N) is 1. The number of aliphatic carboxylic acids is 1. The summed E-state index contributed by atoms with van der Waals surface area (Å²) in [6.45, 7) is 4.32. The summed E-state index contributed by atoms with van der Waals surface area (Å²) in [6, 6.07) is 0.